The number of nitrogens with one attached hydrogen (secondary N) is 2. The number of hydrogen-bond acceptors (Lipinski definition) is 3. The molecule has 0 bridgehead atoms. The van der Waals surface area contributed by atoms with Crippen LogP contribution in [0.5, 0.6) is 0 Å². The number of rotatable bonds is 7. The van der Waals surface area contributed by atoms with Gasteiger partial charge in [0.1, 0.15) is 0 Å². The maximum atomic E-state index is 13.1. The maximum Gasteiger partial charge on any atom is 0.252 e. The first kappa shape index (κ1) is 23.0. The molecule has 0 saturated carbocycles. The molecule has 1 atom stereocenters. The minimum Gasteiger partial charge on any atom is -0.378 e. The Morgan fingerprint density at radius 1 is 0.947 bits per heavy atom. The number of amides is 1. The van der Waals surface area contributed by atoms with Gasteiger partial charge in [0.15, 0.2) is 0 Å². The number of benzene rings is 4. The molecule has 1 aliphatic rings. The smallest absolute Gasteiger partial charge is 0.252 e. The Kier molecular flexibility index (Phi) is 5.46. The number of fused-ring (bicyclic) bond motifs is 10. The molecule has 0 aliphatic carbocycles. The SMILES string of the molecule is COC(CN(C)Cc1ccccc1)Cn1c2ccccc2c2c3c(c4c5ccccc5[nH]c4c21)C(=O)NC3. The summed E-state index contributed by atoms with van der Waals surface area (Å²) in [5, 5.41) is 7.52. The monoisotopic (exact) mass is 502 g/mol. The number of aromatic nitrogens is 2. The maximum absolute atomic E-state index is 13.1. The summed E-state index contributed by atoms with van der Waals surface area (Å²) in [4.78, 5) is 19.1. The van der Waals surface area contributed by atoms with Crippen LogP contribution in [-0.2, 0) is 24.4 Å². The number of nitrogens with zero attached hydrogens (tertiary/aromatic N) is 2. The lowest BCUT2D eigenvalue weighted by Gasteiger charge is -2.24. The van der Waals surface area contributed by atoms with E-state index in [0.29, 0.717) is 13.1 Å². The van der Waals surface area contributed by atoms with Gasteiger partial charge in [-0.3, -0.25) is 9.69 Å². The third-order valence-corrected chi connectivity index (χ3v) is 7.95. The number of aromatic amines is 1. The molecule has 190 valence electrons. The molecule has 0 radical (unpaired) electrons. The molecule has 4 aromatic carbocycles. The largest absolute Gasteiger partial charge is 0.378 e. The third kappa shape index (κ3) is 3.52. The molecule has 38 heavy (non-hydrogen) atoms. The van der Waals surface area contributed by atoms with E-state index in [0.717, 1.165) is 62.4 Å². The summed E-state index contributed by atoms with van der Waals surface area (Å²) in [5.41, 5.74) is 7.53. The predicted octanol–water partition coefficient (Wildman–Crippen LogP) is 5.82. The van der Waals surface area contributed by atoms with Gasteiger partial charge >= 0.3 is 0 Å². The summed E-state index contributed by atoms with van der Waals surface area (Å²) >= 11 is 0. The van der Waals surface area contributed by atoms with Gasteiger partial charge in [0, 0.05) is 59.3 Å². The number of carbonyl (C=O) groups excluding carboxylic acids is 1. The number of methoxy groups -OCH3 is 1. The molecule has 0 spiro atoms. The summed E-state index contributed by atoms with van der Waals surface area (Å²) < 4.78 is 8.47. The van der Waals surface area contributed by atoms with E-state index in [9.17, 15) is 4.79 Å². The normalized spacial score (nSPS) is 14.2. The Bertz CT molecular complexity index is 1830. The number of likely N-dealkylation sites (N-methyl/N-ethyl adjacent to an activating group) is 1. The quantitative estimate of drug-likeness (QED) is 0.289. The highest BCUT2D eigenvalue weighted by atomic mass is 16.5. The summed E-state index contributed by atoms with van der Waals surface area (Å²) in [6.07, 6.45) is -0.0184. The lowest BCUT2D eigenvalue weighted by atomic mass is 9.97. The average molecular weight is 503 g/mol. The topological polar surface area (TPSA) is 62.3 Å². The van der Waals surface area contributed by atoms with Crippen molar-refractivity contribution in [1.29, 1.82) is 0 Å². The van der Waals surface area contributed by atoms with Crippen LogP contribution in [0.15, 0.2) is 78.9 Å². The molecular weight excluding hydrogens is 472 g/mol. The van der Waals surface area contributed by atoms with Crippen molar-refractivity contribution in [3.8, 4) is 0 Å². The van der Waals surface area contributed by atoms with Gasteiger partial charge in [-0.15, -0.1) is 0 Å². The molecule has 2 aromatic heterocycles. The number of hydrogen-bond donors (Lipinski definition) is 2. The Morgan fingerprint density at radius 2 is 1.68 bits per heavy atom. The fraction of sp³-hybridized carbons (Fsp3) is 0.219. The molecule has 7 rings (SSSR count). The molecule has 2 N–H and O–H groups in total. The molecule has 6 aromatic rings. The standard InChI is InChI=1S/C32H30N4O2/c1-35(17-20-10-4-3-5-11-20)18-21(38-2)19-36-26-15-9-7-13-23(26)27-24-16-33-32(37)29(24)28-22-12-6-8-14-25(22)34-30(28)31(27)36/h3-15,21,34H,16-19H2,1-2H3,(H,33,37). The number of carbonyl (C=O) groups is 1. The zero-order valence-electron chi connectivity index (χ0n) is 21.6. The van der Waals surface area contributed by atoms with E-state index in [1.54, 1.807) is 7.11 Å². The van der Waals surface area contributed by atoms with E-state index in [-0.39, 0.29) is 12.0 Å². The van der Waals surface area contributed by atoms with Crippen molar-refractivity contribution >= 4 is 49.5 Å². The zero-order chi connectivity index (χ0) is 25.8. The molecule has 6 nitrogen and oxygen atoms in total. The molecule has 6 heteroatoms. The van der Waals surface area contributed by atoms with Crippen LogP contribution in [-0.4, -0.2) is 47.2 Å². The second-order valence-electron chi connectivity index (χ2n) is 10.3. The minimum absolute atomic E-state index is 0.00536. The van der Waals surface area contributed by atoms with Crippen LogP contribution in [0.1, 0.15) is 21.5 Å². The van der Waals surface area contributed by atoms with Crippen molar-refractivity contribution in [1.82, 2.24) is 19.8 Å². The second kappa shape index (κ2) is 9.01. The van der Waals surface area contributed by atoms with Crippen LogP contribution in [0.25, 0.3) is 43.6 Å². The van der Waals surface area contributed by atoms with Crippen molar-refractivity contribution in [3.05, 3.63) is 95.6 Å². The Morgan fingerprint density at radius 3 is 2.50 bits per heavy atom. The third-order valence-electron chi connectivity index (χ3n) is 7.95. The van der Waals surface area contributed by atoms with Crippen LogP contribution in [0.4, 0.5) is 0 Å². The fourth-order valence-electron chi connectivity index (χ4n) is 6.32. The molecule has 3 heterocycles. The average Bonchev–Trinajstić information content (AvgIpc) is 3.60. The van der Waals surface area contributed by atoms with E-state index in [1.165, 1.54) is 10.9 Å². The van der Waals surface area contributed by atoms with Crippen molar-refractivity contribution in [2.75, 3.05) is 20.7 Å². The van der Waals surface area contributed by atoms with Gasteiger partial charge in [0.25, 0.3) is 5.91 Å². The molecule has 1 amide bonds. The van der Waals surface area contributed by atoms with Crippen LogP contribution in [0.2, 0.25) is 0 Å². The van der Waals surface area contributed by atoms with E-state index >= 15 is 0 Å². The Balaban J connectivity index is 1.42. The zero-order valence-corrected chi connectivity index (χ0v) is 21.6. The highest BCUT2D eigenvalue weighted by Crippen LogP contribution is 2.43. The van der Waals surface area contributed by atoms with Gasteiger partial charge < -0.3 is 19.6 Å². The highest BCUT2D eigenvalue weighted by molar-refractivity contribution is 6.30. The Labute approximate surface area is 220 Å². The van der Waals surface area contributed by atoms with Crippen LogP contribution in [0, 0.1) is 0 Å². The summed E-state index contributed by atoms with van der Waals surface area (Å²) in [6, 6.07) is 27.3. The van der Waals surface area contributed by atoms with Crippen LogP contribution >= 0.6 is 0 Å². The lowest BCUT2D eigenvalue weighted by Crippen LogP contribution is -2.33. The summed E-state index contributed by atoms with van der Waals surface area (Å²) in [7, 11) is 3.94. The number of H-pyrrole nitrogens is 1. The van der Waals surface area contributed by atoms with Gasteiger partial charge in [0.2, 0.25) is 0 Å². The van der Waals surface area contributed by atoms with E-state index in [4.69, 9.17) is 4.74 Å². The molecule has 0 saturated heterocycles. The van der Waals surface area contributed by atoms with Crippen LogP contribution in [0.3, 0.4) is 0 Å². The summed E-state index contributed by atoms with van der Waals surface area (Å²) in [5.74, 6) is 0.00536. The number of ether oxygens (including phenoxy) is 1. The van der Waals surface area contributed by atoms with Crippen molar-refractivity contribution < 1.29 is 9.53 Å². The predicted molar refractivity (Wildman–Crippen MR) is 154 cm³/mol. The lowest BCUT2D eigenvalue weighted by molar-refractivity contribution is 0.0589. The van der Waals surface area contributed by atoms with E-state index < -0.39 is 0 Å². The van der Waals surface area contributed by atoms with Crippen molar-refractivity contribution in [2.45, 2.75) is 25.7 Å². The molecule has 1 unspecified atom stereocenters. The van der Waals surface area contributed by atoms with Gasteiger partial charge in [-0.1, -0.05) is 66.7 Å². The fourth-order valence-corrected chi connectivity index (χ4v) is 6.32. The molecular formula is C32H30N4O2. The molecule has 0 fully saturated rings. The Hall–Kier alpha value is -4.13. The van der Waals surface area contributed by atoms with Crippen LogP contribution < -0.4 is 5.32 Å². The molecule has 1 aliphatic heterocycles. The van der Waals surface area contributed by atoms with Crippen molar-refractivity contribution in [3.63, 3.8) is 0 Å². The summed E-state index contributed by atoms with van der Waals surface area (Å²) in [6.45, 7) is 2.90. The first-order valence-electron chi connectivity index (χ1n) is 13.1. The second-order valence-corrected chi connectivity index (χ2v) is 10.3. The van der Waals surface area contributed by atoms with Crippen molar-refractivity contribution in [2.24, 2.45) is 0 Å². The highest BCUT2D eigenvalue weighted by Gasteiger charge is 2.31. The number of para-hydroxylation sites is 2. The minimum atomic E-state index is -0.0184. The van der Waals surface area contributed by atoms with Gasteiger partial charge in [-0.05, 0) is 30.3 Å². The van der Waals surface area contributed by atoms with Gasteiger partial charge in [0.05, 0.1) is 29.2 Å². The first-order valence-corrected chi connectivity index (χ1v) is 13.1. The first-order chi connectivity index (χ1) is 18.6. The van der Waals surface area contributed by atoms with Gasteiger partial charge in [-0.2, -0.15) is 0 Å². The van der Waals surface area contributed by atoms with Gasteiger partial charge in [-0.25, -0.2) is 0 Å². The van der Waals surface area contributed by atoms with E-state index in [2.05, 4.69) is 87.5 Å². The van der Waals surface area contributed by atoms with E-state index in [1.807, 2.05) is 18.2 Å².